The summed E-state index contributed by atoms with van der Waals surface area (Å²) in [5, 5.41) is 20.1. The molecule has 0 fully saturated rings. The molecule has 1 rings (SSSR count). The summed E-state index contributed by atoms with van der Waals surface area (Å²) in [5.74, 6) is 0.609. The molecule has 1 heterocycles. The highest BCUT2D eigenvalue weighted by Gasteiger charge is 2.12. The molecule has 0 bridgehead atoms. The molecule has 0 radical (unpaired) electrons. The third-order valence-corrected chi connectivity index (χ3v) is 2.69. The zero-order valence-corrected chi connectivity index (χ0v) is 10.1. The number of nitrogens with zero attached hydrogens (tertiary/aromatic N) is 2. The topological polar surface area (TPSA) is 73.8 Å². The Morgan fingerprint density at radius 2 is 2.33 bits per heavy atom. The number of nitrogens with one attached hydrogen (secondary N) is 2. The Kier molecular flexibility index (Phi) is 4.56. The van der Waals surface area contributed by atoms with Crippen molar-refractivity contribution in [3.05, 3.63) is 6.33 Å². The highest BCUT2D eigenvalue weighted by atomic mass is 32.2. The Hall–Kier alpha value is -0.590. The van der Waals surface area contributed by atoms with Gasteiger partial charge in [0.2, 0.25) is 0 Å². The van der Waals surface area contributed by atoms with Crippen LogP contribution in [0.1, 0.15) is 20.8 Å². The minimum absolute atomic E-state index is 0.0396. The van der Waals surface area contributed by atoms with E-state index in [2.05, 4.69) is 41.3 Å². The standard InChI is InChI=1S/C9H18N4OS/c1-9(2,3)11-4-7(14)5-15-8-10-6-12-13-8/h6-7,11,14H,4-5H2,1-3H3,(H,10,12,13). The van der Waals surface area contributed by atoms with Gasteiger partial charge in [-0.2, -0.15) is 5.10 Å². The Labute approximate surface area is 94.1 Å². The third kappa shape index (κ3) is 5.76. The van der Waals surface area contributed by atoms with E-state index < -0.39 is 0 Å². The fraction of sp³-hybridized carbons (Fsp3) is 0.778. The van der Waals surface area contributed by atoms with E-state index in [-0.39, 0.29) is 11.6 Å². The molecule has 3 N–H and O–H groups in total. The van der Waals surface area contributed by atoms with Gasteiger partial charge in [0.15, 0.2) is 5.16 Å². The summed E-state index contributed by atoms with van der Waals surface area (Å²) in [6.07, 6.45) is 1.08. The van der Waals surface area contributed by atoms with Crippen LogP contribution in [0.4, 0.5) is 0 Å². The van der Waals surface area contributed by atoms with Crippen molar-refractivity contribution in [1.29, 1.82) is 0 Å². The molecule has 0 amide bonds. The average molecular weight is 230 g/mol. The molecule has 1 atom stereocenters. The van der Waals surface area contributed by atoms with Crippen molar-refractivity contribution in [2.24, 2.45) is 0 Å². The number of β-amino-alcohol motifs (C(OH)–C–C–N with tert-alkyl or cyclic N) is 1. The second kappa shape index (κ2) is 5.48. The zero-order valence-electron chi connectivity index (χ0n) is 9.32. The van der Waals surface area contributed by atoms with E-state index in [9.17, 15) is 5.11 Å². The lowest BCUT2D eigenvalue weighted by molar-refractivity contribution is 0.183. The van der Waals surface area contributed by atoms with Crippen molar-refractivity contribution in [2.45, 2.75) is 37.6 Å². The molecule has 0 aromatic carbocycles. The second-order valence-electron chi connectivity index (χ2n) is 4.39. The van der Waals surface area contributed by atoms with E-state index >= 15 is 0 Å². The van der Waals surface area contributed by atoms with Gasteiger partial charge in [0.25, 0.3) is 0 Å². The highest BCUT2D eigenvalue weighted by Crippen LogP contribution is 2.12. The Balaban J connectivity index is 2.16. The molecular formula is C9H18N4OS. The van der Waals surface area contributed by atoms with Crippen LogP contribution in [-0.4, -0.2) is 44.2 Å². The van der Waals surface area contributed by atoms with E-state index in [1.165, 1.54) is 18.1 Å². The van der Waals surface area contributed by atoms with E-state index in [4.69, 9.17) is 0 Å². The smallest absolute Gasteiger partial charge is 0.183 e. The van der Waals surface area contributed by atoms with Gasteiger partial charge in [0, 0.05) is 17.8 Å². The number of aliphatic hydroxyl groups is 1. The molecule has 6 heteroatoms. The quantitative estimate of drug-likeness (QED) is 0.648. The van der Waals surface area contributed by atoms with Crippen LogP contribution in [-0.2, 0) is 0 Å². The predicted molar refractivity (Wildman–Crippen MR) is 60.9 cm³/mol. The number of hydrogen-bond acceptors (Lipinski definition) is 5. The van der Waals surface area contributed by atoms with Gasteiger partial charge in [0.05, 0.1) is 6.10 Å². The third-order valence-electron chi connectivity index (χ3n) is 1.67. The molecule has 0 aliphatic heterocycles. The molecule has 0 spiro atoms. The first-order valence-electron chi connectivity index (χ1n) is 4.88. The van der Waals surface area contributed by atoms with Crippen molar-refractivity contribution in [1.82, 2.24) is 20.5 Å². The molecule has 0 saturated carbocycles. The zero-order chi connectivity index (χ0) is 11.3. The average Bonchev–Trinajstić information content (AvgIpc) is 2.62. The van der Waals surface area contributed by atoms with Gasteiger partial charge in [0.1, 0.15) is 6.33 Å². The number of aromatic amines is 1. The van der Waals surface area contributed by atoms with Gasteiger partial charge in [-0.05, 0) is 20.8 Å². The SMILES string of the molecule is CC(C)(C)NCC(O)CSc1ncn[nH]1. The fourth-order valence-corrected chi connectivity index (χ4v) is 1.63. The van der Waals surface area contributed by atoms with E-state index in [1.807, 2.05) is 0 Å². The van der Waals surface area contributed by atoms with Crippen molar-refractivity contribution in [2.75, 3.05) is 12.3 Å². The molecule has 86 valence electrons. The summed E-state index contributed by atoms with van der Waals surface area (Å²) in [4.78, 5) is 3.96. The second-order valence-corrected chi connectivity index (χ2v) is 5.40. The Morgan fingerprint density at radius 3 is 2.87 bits per heavy atom. The van der Waals surface area contributed by atoms with Gasteiger partial charge < -0.3 is 10.4 Å². The van der Waals surface area contributed by atoms with E-state index in [0.717, 1.165) is 5.16 Å². The summed E-state index contributed by atoms with van der Waals surface area (Å²) < 4.78 is 0. The minimum atomic E-state index is -0.376. The van der Waals surface area contributed by atoms with Crippen LogP contribution >= 0.6 is 11.8 Å². The van der Waals surface area contributed by atoms with Crippen molar-refractivity contribution >= 4 is 11.8 Å². The summed E-state index contributed by atoms with van der Waals surface area (Å²) in [5.41, 5.74) is 0.0396. The lowest BCUT2D eigenvalue weighted by Gasteiger charge is -2.22. The maximum atomic E-state index is 9.67. The molecule has 15 heavy (non-hydrogen) atoms. The van der Waals surface area contributed by atoms with Crippen LogP contribution < -0.4 is 5.32 Å². The van der Waals surface area contributed by atoms with Crippen LogP contribution in [0, 0.1) is 0 Å². The number of aliphatic hydroxyl groups excluding tert-OH is 1. The van der Waals surface area contributed by atoms with E-state index in [1.54, 1.807) is 0 Å². The van der Waals surface area contributed by atoms with Crippen LogP contribution in [0.3, 0.4) is 0 Å². The first-order chi connectivity index (χ1) is 6.97. The minimum Gasteiger partial charge on any atom is -0.391 e. The van der Waals surface area contributed by atoms with Gasteiger partial charge in [-0.15, -0.1) is 0 Å². The maximum absolute atomic E-state index is 9.67. The van der Waals surface area contributed by atoms with E-state index in [0.29, 0.717) is 12.3 Å². The normalized spacial score (nSPS) is 14.1. The summed E-state index contributed by atoms with van der Waals surface area (Å²) >= 11 is 1.47. The molecule has 1 aromatic rings. The van der Waals surface area contributed by atoms with Crippen LogP contribution in [0.25, 0.3) is 0 Å². The monoisotopic (exact) mass is 230 g/mol. The van der Waals surface area contributed by atoms with Gasteiger partial charge in [-0.3, -0.25) is 5.10 Å². The molecule has 0 aliphatic rings. The summed E-state index contributed by atoms with van der Waals surface area (Å²) in [6.45, 7) is 6.81. The first-order valence-corrected chi connectivity index (χ1v) is 5.87. The Morgan fingerprint density at radius 1 is 1.60 bits per heavy atom. The Bertz CT molecular complexity index is 270. The molecule has 1 unspecified atom stereocenters. The van der Waals surface area contributed by atoms with Crippen LogP contribution in [0.15, 0.2) is 11.5 Å². The maximum Gasteiger partial charge on any atom is 0.183 e. The van der Waals surface area contributed by atoms with Crippen molar-refractivity contribution in [3.8, 4) is 0 Å². The number of thioether (sulfide) groups is 1. The molecular weight excluding hydrogens is 212 g/mol. The lowest BCUT2D eigenvalue weighted by Crippen LogP contribution is -2.41. The highest BCUT2D eigenvalue weighted by molar-refractivity contribution is 7.99. The molecule has 0 saturated heterocycles. The number of H-pyrrole nitrogens is 1. The molecule has 0 aliphatic carbocycles. The molecule has 1 aromatic heterocycles. The van der Waals surface area contributed by atoms with Crippen molar-refractivity contribution in [3.63, 3.8) is 0 Å². The molecule has 5 nitrogen and oxygen atoms in total. The first kappa shape index (κ1) is 12.5. The largest absolute Gasteiger partial charge is 0.391 e. The number of hydrogen-bond donors (Lipinski definition) is 3. The fourth-order valence-electron chi connectivity index (χ4n) is 0.922. The predicted octanol–water partition coefficient (Wildman–Crippen LogP) is 0.646. The number of aromatic nitrogens is 3. The summed E-state index contributed by atoms with van der Waals surface area (Å²) in [6, 6.07) is 0. The lowest BCUT2D eigenvalue weighted by atomic mass is 10.1. The van der Waals surface area contributed by atoms with Gasteiger partial charge >= 0.3 is 0 Å². The van der Waals surface area contributed by atoms with Gasteiger partial charge in [-0.1, -0.05) is 11.8 Å². The van der Waals surface area contributed by atoms with Crippen LogP contribution in [0.5, 0.6) is 0 Å². The van der Waals surface area contributed by atoms with Crippen LogP contribution in [0.2, 0.25) is 0 Å². The summed E-state index contributed by atoms with van der Waals surface area (Å²) in [7, 11) is 0. The van der Waals surface area contributed by atoms with Crippen molar-refractivity contribution < 1.29 is 5.11 Å². The van der Waals surface area contributed by atoms with Gasteiger partial charge in [-0.25, -0.2) is 4.98 Å². The number of rotatable bonds is 5.